The van der Waals surface area contributed by atoms with Crippen molar-refractivity contribution in [3.05, 3.63) is 0 Å². The molecule has 0 aliphatic heterocycles. The number of carboxylic acids is 1. The van der Waals surface area contributed by atoms with Crippen LogP contribution in [-0.2, 0) is 4.79 Å². The van der Waals surface area contributed by atoms with Crippen LogP contribution in [0.5, 0.6) is 0 Å². The zero-order chi connectivity index (χ0) is 12.8. The van der Waals surface area contributed by atoms with Crippen LogP contribution < -0.4 is 16.2 Å². The molecule has 5 heteroatoms. The van der Waals surface area contributed by atoms with E-state index in [0.717, 1.165) is 13.5 Å². The second-order valence-corrected chi connectivity index (χ2v) is 3.71. The van der Waals surface area contributed by atoms with Crippen LogP contribution in [-0.4, -0.2) is 18.5 Å². The Hall–Kier alpha value is -1.10. The monoisotopic (exact) mass is 231 g/mol. The number of nitrogens with one attached hydrogen (secondary N) is 1. The van der Waals surface area contributed by atoms with E-state index in [9.17, 15) is 0 Å². The molecule has 0 aliphatic carbocycles. The third-order valence-corrected chi connectivity index (χ3v) is 1.92. The summed E-state index contributed by atoms with van der Waals surface area (Å²) in [5, 5.41) is 17.6. The zero-order valence-electron chi connectivity index (χ0n) is 10.4. The molecule has 0 amide bonds. The molecule has 16 heavy (non-hydrogen) atoms. The van der Waals surface area contributed by atoms with Gasteiger partial charge in [0.25, 0.3) is 5.96 Å². The molecule has 5 N–H and O–H groups in total. The van der Waals surface area contributed by atoms with E-state index in [4.69, 9.17) is 21.0 Å². The van der Waals surface area contributed by atoms with Crippen molar-refractivity contribution in [1.29, 1.82) is 5.41 Å². The van der Waals surface area contributed by atoms with Crippen molar-refractivity contribution in [3.8, 4) is 0 Å². The summed E-state index contributed by atoms with van der Waals surface area (Å²) in [5.74, 6) is -0.872. The lowest BCUT2D eigenvalue weighted by atomic mass is 10.1. The fourth-order valence-electron chi connectivity index (χ4n) is 1.18. The van der Waals surface area contributed by atoms with Gasteiger partial charge in [0, 0.05) is 5.97 Å². The summed E-state index contributed by atoms with van der Waals surface area (Å²) in [6.07, 6.45) is 7.82. The highest BCUT2D eigenvalue weighted by molar-refractivity contribution is 5.63. The highest BCUT2D eigenvalue weighted by Crippen LogP contribution is 2.03. The first-order valence-corrected chi connectivity index (χ1v) is 5.85. The fraction of sp³-hybridized carbons (Fsp3) is 0.818. The van der Waals surface area contributed by atoms with Gasteiger partial charge in [0.15, 0.2) is 0 Å². The van der Waals surface area contributed by atoms with Gasteiger partial charge in [0.1, 0.15) is 0 Å². The van der Waals surface area contributed by atoms with E-state index >= 15 is 0 Å². The normalized spacial score (nSPS) is 9.12. The van der Waals surface area contributed by atoms with E-state index in [1.54, 1.807) is 5.32 Å². The number of hydrogen-bond donors (Lipinski definition) is 3. The molecular formula is C11H25N3O2. The summed E-state index contributed by atoms with van der Waals surface area (Å²) < 4.78 is 0. The minimum absolute atomic E-state index is 0.212. The van der Waals surface area contributed by atoms with Gasteiger partial charge in [0.2, 0.25) is 0 Å². The molecule has 0 spiro atoms. The standard InChI is InChI=1S/C9H21N3.C2H4O2/c1-2-3-4-5-6-7-8-12-9(10)11;1-2(3)4/h2-8H2,1H3,(H4,10,11,12);1H3,(H,3,4). The van der Waals surface area contributed by atoms with Crippen LogP contribution in [0.25, 0.3) is 0 Å². The first-order chi connectivity index (χ1) is 7.50. The van der Waals surface area contributed by atoms with E-state index in [0.29, 0.717) is 0 Å². The molecule has 0 unspecified atom stereocenters. The Kier molecular flexibility index (Phi) is 15.0. The Morgan fingerprint density at radius 3 is 2.12 bits per heavy atom. The van der Waals surface area contributed by atoms with Gasteiger partial charge in [-0.15, -0.1) is 0 Å². The van der Waals surface area contributed by atoms with Gasteiger partial charge >= 0.3 is 0 Å². The number of hydrogen-bond acceptors (Lipinski definition) is 3. The quantitative estimate of drug-likeness (QED) is 0.314. The van der Waals surface area contributed by atoms with Crippen molar-refractivity contribution in [3.63, 3.8) is 0 Å². The molecule has 0 atom stereocenters. The van der Waals surface area contributed by atoms with Gasteiger partial charge in [-0.1, -0.05) is 32.6 Å². The Labute approximate surface area is 97.9 Å². The number of rotatable bonds is 7. The molecule has 0 fully saturated rings. The molecule has 0 radical (unpaired) electrons. The minimum atomic E-state index is -1.08. The molecule has 0 heterocycles. The Morgan fingerprint density at radius 1 is 1.25 bits per heavy atom. The molecule has 0 aromatic carbocycles. The van der Waals surface area contributed by atoms with Gasteiger partial charge in [-0.05, 0) is 19.8 Å². The van der Waals surface area contributed by atoms with E-state index < -0.39 is 5.97 Å². The van der Waals surface area contributed by atoms with Crippen LogP contribution in [0.15, 0.2) is 0 Å². The summed E-state index contributed by atoms with van der Waals surface area (Å²) in [5.41, 5.74) is 5.18. The fourth-order valence-corrected chi connectivity index (χ4v) is 1.18. The summed E-state index contributed by atoms with van der Waals surface area (Å²) in [6, 6.07) is 0. The van der Waals surface area contributed by atoms with Crippen molar-refractivity contribution >= 4 is 11.9 Å². The lowest BCUT2D eigenvalue weighted by molar-refractivity contribution is -0.543. The van der Waals surface area contributed by atoms with Crippen molar-refractivity contribution in [2.45, 2.75) is 52.4 Å². The number of carboxylic acid groups (broad SMARTS) is 1. The lowest BCUT2D eigenvalue weighted by Gasteiger charge is -1.98. The summed E-state index contributed by atoms with van der Waals surface area (Å²) in [7, 11) is 0. The van der Waals surface area contributed by atoms with E-state index in [2.05, 4.69) is 6.92 Å². The maximum Gasteiger partial charge on any atom is 0.288 e. The molecular weight excluding hydrogens is 206 g/mol. The van der Waals surface area contributed by atoms with Gasteiger partial charge in [-0.25, -0.2) is 5.41 Å². The van der Waals surface area contributed by atoms with Crippen LogP contribution in [0, 0.1) is 5.41 Å². The smallest absolute Gasteiger partial charge is 0.288 e. The van der Waals surface area contributed by atoms with Crippen LogP contribution in [0.3, 0.4) is 0 Å². The molecule has 5 nitrogen and oxygen atoms in total. The molecule has 0 saturated heterocycles. The van der Waals surface area contributed by atoms with Gasteiger partial charge < -0.3 is 15.6 Å². The highest BCUT2D eigenvalue weighted by Gasteiger charge is 1.93. The minimum Gasteiger partial charge on any atom is -0.550 e. The highest BCUT2D eigenvalue weighted by atomic mass is 16.4. The van der Waals surface area contributed by atoms with E-state index in [1.165, 1.54) is 38.5 Å². The van der Waals surface area contributed by atoms with Crippen LogP contribution in [0.4, 0.5) is 0 Å². The Morgan fingerprint density at radius 2 is 1.69 bits per heavy atom. The Bertz CT molecular complexity index is 180. The second kappa shape index (κ2) is 13.9. The van der Waals surface area contributed by atoms with Crippen molar-refractivity contribution < 1.29 is 15.2 Å². The molecule has 0 aromatic rings. The molecule has 0 aliphatic rings. The first-order valence-electron chi connectivity index (χ1n) is 5.85. The van der Waals surface area contributed by atoms with E-state index in [-0.39, 0.29) is 5.96 Å². The van der Waals surface area contributed by atoms with Gasteiger partial charge in [-0.3, -0.25) is 5.32 Å². The molecule has 0 bridgehead atoms. The van der Waals surface area contributed by atoms with Crippen LogP contribution in [0.1, 0.15) is 52.4 Å². The van der Waals surface area contributed by atoms with Gasteiger partial charge in [-0.2, -0.15) is 0 Å². The predicted octanol–water partition coefficient (Wildman–Crippen LogP) is -0.440. The van der Waals surface area contributed by atoms with Crippen LogP contribution >= 0.6 is 0 Å². The van der Waals surface area contributed by atoms with E-state index in [1.807, 2.05) is 0 Å². The number of aliphatic carboxylic acids is 1. The summed E-state index contributed by atoms with van der Waals surface area (Å²) >= 11 is 0. The van der Waals surface area contributed by atoms with Crippen molar-refractivity contribution in [2.24, 2.45) is 5.73 Å². The Balaban J connectivity index is 0. The average Bonchev–Trinajstić information content (AvgIpc) is 2.15. The second-order valence-electron chi connectivity index (χ2n) is 3.71. The zero-order valence-corrected chi connectivity index (χ0v) is 10.4. The first kappa shape index (κ1) is 17.3. The SMILES string of the molecule is CC(=O)[O-].CCCCCCCC[NH2+]C(=N)N. The number of nitrogens with two attached hydrogens (primary N) is 2. The largest absolute Gasteiger partial charge is 0.550 e. The number of quaternary nitrogens is 1. The topological polar surface area (TPSA) is 107 Å². The lowest BCUT2D eigenvalue weighted by Crippen LogP contribution is -2.90. The molecule has 96 valence electrons. The number of unbranched alkanes of at least 4 members (excludes halogenated alkanes) is 5. The molecule has 0 aromatic heterocycles. The average molecular weight is 231 g/mol. The number of guanidine groups is 1. The third-order valence-electron chi connectivity index (χ3n) is 1.92. The van der Waals surface area contributed by atoms with Crippen molar-refractivity contribution in [1.82, 2.24) is 0 Å². The third kappa shape index (κ3) is 29.3. The van der Waals surface area contributed by atoms with Crippen molar-refractivity contribution in [2.75, 3.05) is 6.54 Å². The summed E-state index contributed by atoms with van der Waals surface area (Å²) in [4.78, 5) is 8.89. The number of carbonyl (C=O) groups excluding carboxylic acids is 1. The maximum absolute atomic E-state index is 8.89. The number of carbonyl (C=O) groups is 1. The maximum atomic E-state index is 8.89. The molecule has 0 saturated carbocycles. The van der Waals surface area contributed by atoms with Gasteiger partial charge in [0.05, 0.1) is 6.54 Å². The molecule has 0 rings (SSSR count). The predicted molar refractivity (Wildman–Crippen MR) is 62.8 cm³/mol. The summed E-state index contributed by atoms with van der Waals surface area (Å²) in [6.45, 7) is 4.17. The van der Waals surface area contributed by atoms with Crippen LogP contribution in [0.2, 0.25) is 0 Å².